The maximum Gasteiger partial charge on any atom is 0.220 e. The minimum Gasteiger partial charge on any atom is -0.508 e. The average Bonchev–Trinajstić information content (AvgIpc) is 2.32. The number of amides is 1. The van der Waals surface area contributed by atoms with E-state index in [2.05, 4.69) is 11.2 Å². The van der Waals surface area contributed by atoms with E-state index < -0.39 is 0 Å². The van der Waals surface area contributed by atoms with E-state index in [-0.39, 0.29) is 11.7 Å². The number of phenols is 1. The molecule has 0 spiro atoms. The summed E-state index contributed by atoms with van der Waals surface area (Å²) in [5.74, 6) is 2.80. The van der Waals surface area contributed by atoms with Gasteiger partial charge >= 0.3 is 0 Å². The van der Waals surface area contributed by atoms with Gasteiger partial charge in [-0.3, -0.25) is 4.79 Å². The molecule has 0 saturated carbocycles. The summed E-state index contributed by atoms with van der Waals surface area (Å²) in [7, 11) is 0. The zero-order chi connectivity index (χ0) is 12.5. The molecule has 0 unspecified atom stereocenters. The molecule has 0 aliphatic heterocycles. The molecule has 0 bridgehead atoms. The van der Waals surface area contributed by atoms with Crippen LogP contribution in [0.2, 0.25) is 0 Å². The first-order chi connectivity index (χ1) is 8.22. The molecule has 0 aromatic heterocycles. The van der Waals surface area contributed by atoms with Crippen molar-refractivity contribution >= 4 is 5.91 Å². The van der Waals surface area contributed by atoms with Crippen molar-refractivity contribution in [2.45, 2.75) is 25.7 Å². The minimum absolute atomic E-state index is 0.0408. The van der Waals surface area contributed by atoms with Gasteiger partial charge in [0, 0.05) is 19.4 Å². The molecule has 3 heteroatoms. The Morgan fingerprint density at radius 2 is 2.06 bits per heavy atom. The van der Waals surface area contributed by atoms with Crippen LogP contribution < -0.4 is 5.32 Å². The highest BCUT2D eigenvalue weighted by atomic mass is 16.3. The maximum absolute atomic E-state index is 11.3. The van der Waals surface area contributed by atoms with Crippen LogP contribution in [0.5, 0.6) is 5.75 Å². The van der Waals surface area contributed by atoms with Crippen LogP contribution in [0.4, 0.5) is 0 Å². The predicted molar refractivity (Wildman–Crippen MR) is 67.5 cm³/mol. The first-order valence-electron chi connectivity index (χ1n) is 5.70. The van der Waals surface area contributed by atoms with E-state index in [4.69, 9.17) is 11.5 Å². The molecule has 0 fully saturated rings. The quantitative estimate of drug-likeness (QED) is 0.580. The molecule has 90 valence electrons. The van der Waals surface area contributed by atoms with Crippen molar-refractivity contribution in [1.82, 2.24) is 5.32 Å². The van der Waals surface area contributed by atoms with Gasteiger partial charge in [-0.05, 0) is 30.5 Å². The van der Waals surface area contributed by atoms with Crippen molar-refractivity contribution in [3.63, 3.8) is 0 Å². The fourth-order valence-corrected chi connectivity index (χ4v) is 1.45. The summed E-state index contributed by atoms with van der Waals surface area (Å²) in [6, 6.07) is 6.98. The fraction of sp³-hybridized carbons (Fsp3) is 0.357. The Labute approximate surface area is 102 Å². The molecule has 3 nitrogen and oxygen atoms in total. The first-order valence-corrected chi connectivity index (χ1v) is 5.70. The molecule has 0 heterocycles. The molecular formula is C14H17NO2. The molecule has 1 amide bonds. The number of aromatic hydroxyl groups is 1. The van der Waals surface area contributed by atoms with Crippen molar-refractivity contribution in [1.29, 1.82) is 0 Å². The third kappa shape index (κ3) is 5.62. The summed E-state index contributed by atoms with van der Waals surface area (Å²) < 4.78 is 0. The molecule has 17 heavy (non-hydrogen) atoms. The number of rotatable bonds is 6. The van der Waals surface area contributed by atoms with Crippen molar-refractivity contribution in [2.75, 3.05) is 6.54 Å². The molecular weight excluding hydrogens is 214 g/mol. The van der Waals surface area contributed by atoms with Gasteiger partial charge in [0.2, 0.25) is 5.91 Å². The van der Waals surface area contributed by atoms with Gasteiger partial charge in [-0.15, -0.1) is 12.3 Å². The van der Waals surface area contributed by atoms with Crippen molar-refractivity contribution in [3.8, 4) is 18.1 Å². The van der Waals surface area contributed by atoms with Crippen LogP contribution in [0.1, 0.15) is 24.8 Å². The van der Waals surface area contributed by atoms with Crippen LogP contribution in [0.3, 0.4) is 0 Å². The Hall–Kier alpha value is -1.95. The smallest absolute Gasteiger partial charge is 0.220 e. The predicted octanol–water partition coefficient (Wildman–Crippen LogP) is 1.85. The summed E-state index contributed by atoms with van der Waals surface area (Å²) in [4.78, 5) is 11.3. The number of hydrogen-bond acceptors (Lipinski definition) is 2. The monoisotopic (exact) mass is 231 g/mol. The molecule has 0 aliphatic rings. The summed E-state index contributed by atoms with van der Waals surface area (Å²) >= 11 is 0. The molecule has 0 saturated heterocycles. The molecule has 1 rings (SSSR count). The van der Waals surface area contributed by atoms with Crippen LogP contribution >= 0.6 is 0 Å². The summed E-state index contributed by atoms with van der Waals surface area (Å²) in [6.45, 7) is 0.611. The summed E-state index contributed by atoms with van der Waals surface area (Å²) in [5.41, 5.74) is 1.09. The van der Waals surface area contributed by atoms with Crippen LogP contribution in [0.25, 0.3) is 0 Å². The van der Waals surface area contributed by atoms with E-state index in [0.717, 1.165) is 18.4 Å². The highest BCUT2D eigenvalue weighted by Gasteiger charge is 2.00. The molecule has 0 atom stereocenters. The van der Waals surface area contributed by atoms with E-state index in [0.29, 0.717) is 19.4 Å². The zero-order valence-electron chi connectivity index (χ0n) is 9.78. The Kier molecular flexibility index (Phi) is 5.67. The van der Waals surface area contributed by atoms with Crippen LogP contribution in [-0.4, -0.2) is 17.6 Å². The van der Waals surface area contributed by atoms with Crippen LogP contribution in [0.15, 0.2) is 24.3 Å². The molecule has 0 aliphatic carbocycles. The lowest BCUT2D eigenvalue weighted by Crippen LogP contribution is -2.25. The lowest BCUT2D eigenvalue weighted by Gasteiger charge is -2.04. The van der Waals surface area contributed by atoms with Gasteiger partial charge in [-0.25, -0.2) is 0 Å². The number of hydrogen-bond donors (Lipinski definition) is 2. The van der Waals surface area contributed by atoms with E-state index in [1.54, 1.807) is 12.1 Å². The second-order valence-electron chi connectivity index (χ2n) is 3.82. The van der Waals surface area contributed by atoms with Crippen molar-refractivity contribution in [2.24, 2.45) is 0 Å². The number of terminal acetylenes is 1. The second kappa shape index (κ2) is 7.34. The van der Waals surface area contributed by atoms with Gasteiger partial charge in [0.15, 0.2) is 0 Å². The molecule has 1 aromatic carbocycles. The van der Waals surface area contributed by atoms with Gasteiger partial charge in [-0.2, -0.15) is 0 Å². The van der Waals surface area contributed by atoms with E-state index >= 15 is 0 Å². The van der Waals surface area contributed by atoms with Crippen LogP contribution in [0, 0.1) is 12.3 Å². The maximum atomic E-state index is 11.3. The number of phenolic OH excluding ortho intramolecular Hbond substituents is 1. The Morgan fingerprint density at radius 3 is 2.71 bits per heavy atom. The van der Waals surface area contributed by atoms with Gasteiger partial charge in [0.05, 0.1) is 0 Å². The summed E-state index contributed by atoms with van der Waals surface area (Å²) in [6.07, 6.45) is 7.73. The Balaban J connectivity index is 2.17. The number of carbonyl (C=O) groups is 1. The van der Waals surface area contributed by atoms with E-state index in [9.17, 15) is 4.79 Å². The highest BCUT2D eigenvalue weighted by Crippen LogP contribution is 2.09. The number of unbranched alkanes of at least 4 members (excludes halogenated alkanes) is 1. The van der Waals surface area contributed by atoms with Crippen molar-refractivity contribution < 1.29 is 9.90 Å². The van der Waals surface area contributed by atoms with Crippen LogP contribution in [-0.2, 0) is 11.2 Å². The summed E-state index contributed by atoms with van der Waals surface area (Å²) in [5, 5.41) is 11.9. The normalized spacial score (nSPS) is 9.59. The van der Waals surface area contributed by atoms with E-state index in [1.165, 1.54) is 0 Å². The molecule has 2 N–H and O–H groups in total. The number of benzene rings is 1. The second-order valence-corrected chi connectivity index (χ2v) is 3.82. The average molecular weight is 231 g/mol. The molecule has 1 aromatic rings. The number of nitrogens with one attached hydrogen (secondary N) is 1. The standard InChI is InChI=1S/C14H17NO2/c1-2-3-4-5-14(17)15-11-10-12-6-8-13(16)9-7-12/h1,6-9,16H,3-5,10-11H2,(H,15,17). The SMILES string of the molecule is C#CCCCC(=O)NCCc1ccc(O)cc1. The lowest BCUT2D eigenvalue weighted by molar-refractivity contribution is -0.121. The molecule has 0 radical (unpaired) electrons. The zero-order valence-corrected chi connectivity index (χ0v) is 9.78. The minimum atomic E-state index is 0.0408. The number of carbonyl (C=O) groups excluding carboxylic acids is 1. The first kappa shape index (κ1) is 13.1. The topological polar surface area (TPSA) is 49.3 Å². The van der Waals surface area contributed by atoms with E-state index in [1.807, 2.05) is 12.1 Å². The van der Waals surface area contributed by atoms with Crippen molar-refractivity contribution in [3.05, 3.63) is 29.8 Å². The Bertz CT molecular complexity index is 390. The fourth-order valence-electron chi connectivity index (χ4n) is 1.45. The van der Waals surface area contributed by atoms with Gasteiger partial charge < -0.3 is 10.4 Å². The van der Waals surface area contributed by atoms with Gasteiger partial charge in [0.1, 0.15) is 5.75 Å². The third-order valence-corrected chi connectivity index (χ3v) is 2.40. The van der Waals surface area contributed by atoms with Gasteiger partial charge in [-0.1, -0.05) is 12.1 Å². The van der Waals surface area contributed by atoms with Gasteiger partial charge in [0.25, 0.3) is 0 Å². The highest BCUT2D eigenvalue weighted by molar-refractivity contribution is 5.75. The lowest BCUT2D eigenvalue weighted by atomic mass is 10.1. The Morgan fingerprint density at radius 1 is 1.35 bits per heavy atom. The third-order valence-electron chi connectivity index (χ3n) is 2.40. The largest absolute Gasteiger partial charge is 0.508 e.